The van der Waals surface area contributed by atoms with E-state index >= 15 is 0 Å². The van der Waals surface area contributed by atoms with Gasteiger partial charge in [0.15, 0.2) is 0 Å². The maximum atomic E-state index is 11.7. The number of rotatable bonds is 4. The molecule has 4 rings (SSSR count). The topological polar surface area (TPSA) is 67.3 Å². The van der Waals surface area contributed by atoms with Crippen LogP contribution in [0.25, 0.3) is 0 Å². The van der Waals surface area contributed by atoms with Gasteiger partial charge in [-0.3, -0.25) is 0 Å². The van der Waals surface area contributed by atoms with Crippen molar-refractivity contribution in [3.05, 3.63) is 46.9 Å². The number of piperidine rings is 1. The van der Waals surface area contributed by atoms with E-state index in [0.717, 1.165) is 56.1 Å². The lowest BCUT2D eigenvalue weighted by Gasteiger charge is -2.35. The van der Waals surface area contributed by atoms with Gasteiger partial charge in [-0.25, -0.2) is 14.8 Å². The number of carbonyl (C=O) groups excluding carboxylic acids is 1. The van der Waals surface area contributed by atoms with E-state index < -0.39 is 0 Å². The van der Waals surface area contributed by atoms with E-state index in [0.29, 0.717) is 11.6 Å². The minimum absolute atomic E-state index is 0.303. The summed E-state index contributed by atoms with van der Waals surface area (Å²) in [4.78, 5) is 23.7. The number of aryl methyl sites for hydroxylation is 2. The first-order chi connectivity index (χ1) is 13.6. The van der Waals surface area contributed by atoms with E-state index in [1.54, 1.807) is 6.07 Å². The zero-order chi connectivity index (χ0) is 19.5. The molecule has 2 aliphatic rings. The van der Waals surface area contributed by atoms with Crippen molar-refractivity contribution in [1.29, 1.82) is 0 Å². The molecule has 0 atom stereocenters. The number of nitrogens with zero attached hydrogens (tertiary/aromatic N) is 3. The Morgan fingerprint density at radius 3 is 2.75 bits per heavy atom. The highest BCUT2D eigenvalue weighted by atomic mass is 16.5. The second-order valence-electron chi connectivity index (χ2n) is 7.70. The quantitative estimate of drug-likeness (QED) is 0.819. The van der Waals surface area contributed by atoms with Crippen LogP contribution < -0.4 is 10.2 Å². The first-order valence-electron chi connectivity index (χ1n) is 10.2. The number of methoxy groups -OCH3 is 1. The summed E-state index contributed by atoms with van der Waals surface area (Å²) < 4.78 is 4.81. The average Bonchev–Trinajstić information content (AvgIpc) is 2.73. The van der Waals surface area contributed by atoms with Crippen LogP contribution in [-0.4, -0.2) is 42.2 Å². The van der Waals surface area contributed by atoms with E-state index in [1.807, 2.05) is 25.1 Å². The second kappa shape index (κ2) is 8.17. The van der Waals surface area contributed by atoms with Crippen LogP contribution in [0, 0.1) is 6.92 Å². The molecule has 0 bridgehead atoms. The molecule has 2 aromatic rings. The van der Waals surface area contributed by atoms with Crippen LogP contribution in [0.2, 0.25) is 0 Å². The first kappa shape index (κ1) is 18.7. The maximum absolute atomic E-state index is 11.7. The van der Waals surface area contributed by atoms with Gasteiger partial charge >= 0.3 is 5.97 Å². The van der Waals surface area contributed by atoms with Crippen LogP contribution in [0.3, 0.4) is 0 Å². The molecule has 1 fully saturated rings. The number of anilines is 2. The van der Waals surface area contributed by atoms with Crippen LogP contribution in [0.4, 0.5) is 11.5 Å². The molecule has 0 unspecified atom stereocenters. The fraction of sp³-hybridized carbons (Fsp3) is 0.500. The van der Waals surface area contributed by atoms with Crippen molar-refractivity contribution >= 4 is 17.5 Å². The van der Waals surface area contributed by atoms with Gasteiger partial charge in [0.1, 0.15) is 11.6 Å². The highest BCUT2D eigenvalue weighted by Crippen LogP contribution is 2.30. The molecule has 1 aliphatic heterocycles. The zero-order valence-electron chi connectivity index (χ0n) is 16.7. The molecule has 1 saturated heterocycles. The fourth-order valence-electron chi connectivity index (χ4n) is 4.28. The number of hydrogen-bond acceptors (Lipinski definition) is 6. The SMILES string of the molecule is COC(=O)c1cccc(NC2CCN(c3nc(C)nc4c3CCCC4)CC2)c1. The van der Waals surface area contributed by atoms with E-state index in [9.17, 15) is 4.79 Å². The molecule has 28 heavy (non-hydrogen) atoms. The highest BCUT2D eigenvalue weighted by molar-refractivity contribution is 5.90. The molecule has 2 heterocycles. The van der Waals surface area contributed by atoms with Crippen molar-refractivity contribution in [3.63, 3.8) is 0 Å². The lowest BCUT2D eigenvalue weighted by Crippen LogP contribution is -2.40. The summed E-state index contributed by atoms with van der Waals surface area (Å²) in [6.45, 7) is 3.97. The smallest absolute Gasteiger partial charge is 0.337 e. The molecule has 1 aromatic carbocycles. The van der Waals surface area contributed by atoms with E-state index in [2.05, 4.69) is 15.2 Å². The van der Waals surface area contributed by atoms with Gasteiger partial charge in [-0.2, -0.15) is 0 Å². The molecular weight excluding hydrogens is 352 g/mol. The fourth-order valence-corrected chi connectivity index (χ4v) is 4.28. The molecule has 6 nitrogen and oxygen atoms in total. The average molecular weight is 380 g/mol. The number of nitrogens with one attached hydrogen (secondary N) is 1. The third-order valence-corrected chi connectivity index (χ3v) is 5.72. The number of esters is 1. The second-order valence-corrected chi connectivity index (χ2v) is 7.70. The monoisotopic (exact) mass is 380 g/mol. The Labute approximate surface area is 166 Å². The van der Waals surface area contributed by atoms with Gasteiger partial charge in [0.25, 0.3) is 0 Å². The molecule has 6 heteroatoms. The number of benzene rings is 1. The van der Waals surface area contributed by atoms with Crippen molar-refractivity contribution in [1.82, 2.24) is 9.97 Å². The number of fused-ring (bicyclic) bond motifs is 1. The van der Waals surface area contributed by atoms with Crippen molar-refractivity contribution in [3.8, 4) is 0 Å². The van der Waals surface area contributed by atoms with E-state index in [-0.39, 0.29) is 5.97 Å². The number of aromatic nitrogens is 2. The summed E-state index contributed by atoms with van der Waals surface area (Å²) in [5.74, 6) is 1.74. The van der Waals surface area contributed by atoms with Gasteiger partial charge < -0.3 is 15.0 Å². The van der Waals surface area contributed by atoms with Crippen LogP contribution in [0.15, 0.2) is 24.3 Å². The Kier molecular flexibility index (Phi) is 5.46. The number of carbonyl (C=O) groups is 1. The maximum Gasteiger partial charge on any atom is 0.337 e. The Bertz CT molecular complexity index is 860. The van der Waals surface area contributed by atoms with E-state index in [1.165, 1.54) is 31.2 Å². The van der Waals surface area contributed by atoms with Crippen molar-refractivity contribution in [2.24, 2.45) is 0 Å². The lowest BCUT2D eigenvalue weighted by atomic mass is 9.95. The molecule has 0 saturated carbocycles. The normalized spacial score (nSPS) is 17.1. The molecule has 1 N–H and O–H groups in total. The third kappa shape index (κ3) is 3.96. The van der Waals surface area contributed by atoms with Crippen molar-refractivity contribution < 1.29 is 9.53 Å². The van der Waals surface area contributed by atoms with Crippen molar-refractivity contribution in [2.75, 3.05) is 30.4 Å². The summed E-state index contributed by atoms with van der Waals surface area (Å²) in [6, 6.07) is 7.92. The molecule has 0 spiro atoms. The molecule has 148 valence electrons. The Morgan fingerprint density at radius 1 is 1.18 bits per heavy atom. The van der Waals surface area contributed by atoms with Crippen LogP contribution in [0.1, 0.15) is 53.1 Å². The van der Waals surface area contributed by atoms with Gasteiger partial charge in [-0.15, -0.1) is 0 Å². The molecule has 1 aliphatic carbocycles. The Hall–Kier alpha value is -2.63. The van der Waals surface area contributed by atoms with Crippen LogP contribution >= 0.6 is 0 Å². The van der Waals surface area contributed by atoms with E-state index in [4.69, 9.17) is 9.72 Å². The minimum atomic E-state index is -0.303. The standard InChI is InChI=1S/C22H28N4O2/c1-15-23-20-9-4-3-8-19(20)21(24-15)26-12-10-17(11-13-26)25-18-7-5-6-16(14-18)22(27)28-2/h5-7,14,17,25H,3-4,8-13H2,1-2H3. The predicted molar refractivity (Wildman–Crippen MR) is 110 cm³/mol. The summed E-state index contributed by atoms with van der Waals surface area (Å²) in [6.07, 6.45) is 6.74. The van der Waals surface area contributed by atoms with Gasteiger partial charge in [0.05, 0.1) is 12.7 Å². The Morgan fingerprint density at radius 2 is 1.96 bits per heavy atom. The molecular formula is C22H28N4O2. The van der Waals surface area contributed by atoms with Gasteiger partial charge in [-0.05, 0) is 63.6 Å². The third-order valence-electron chi connectivity index (χ3n) is 5.72. The van der Waals surface area contributed by atoms with Crippen LogP contribution in [0.5, 0.6) is 0 Å². The lowest BCUT2D eigenvalue weighted by molar-refractivity contribution is 0.0601. The highest BCUT2D eigenvalue weighted by Gasteiger charge is 2.25. The van der Waals surface area contributed by atoms with Gasteiger partial charge in [0, 0.05) is 36.1 Å². The molecule has 1 aromatic heterocycles. The number of hydrogen-bond donors (Lipinski definition) is 1. The molecule has 0 radical (unpaired) electrons. The van der Waals surface area contributed by atoms with Crippen LogP contribution in [-0.2, 0) is 17.6 Å². The summed E-state index contributed by atoms with van der Waals surface area (Å²) >= 11 is 0. The summed E-state index contributed by atoms with van der Waals surface area (Å²) in [7, 11) is 1.41. The van der Waals surface area contributed by atoms with Crippen molar-refractivity contribution in [2.45, 2.75) is 51.5 Å². The first-order valence-corrected chi connectivity index (χ1v) is 10.2. The predicted octanol–water partition coefficient (Wildman–Crippen LogP) is 3.53. The van der Waals surface area contributed by atoms with Gasteiger partial charge in [0.2, 0.25) is 0 Å². The minimum Gasteiger partial charge on any atom is -0.465 e. The number of ether oxygens (including phenoxy) is 1. The zero-order valence-corrected chi connectivity index (χ0v) is 16.7. The summed E-state index contributed by atoms with van der Waals surface area (Å²) in [5.41, 5.74) is 4.17. The summed E-state index contributed by atoms with van der Waals surface area (Å²) in [5, 5.41) is 3.58. The van der Waals surface area contributed by atoms with Gasteiger partial charge in [-0.1, -0.05) is 6.07 Å². The molecule has 0 amide bonds. The Balaban J connectivity index is 1.42. The largest absolute Gasteiger partial charge is 0.465 e.